The fourth-order valence-electron chi connectivity index (χ4n) is 3.43. The van der Waals surface area contributed by atoms with Crippen molar-refractivity contribution in [1.82, 2.24) is 10.6 Å². The van der Waals surface area contributed by atoms with E-state index in [1.807, 2.05) is 0 Å². The van der Waals surface area contributed by atoms with Crippen LogP contribution in [0.1, 0.15) is 31.2 Å². The molecule has 2 N–H and O–H groups in total. The van der Waals surface area contributed by atoms with Crippen LogP contribution < -0.4 is 10.6 Å². The first kappa shape index (κ1) is 18.2. The molecule has 6 heteroatoms. The topological polar surface area (TPSA) is 50.4 Å². The van der Waals surface area contributed by atoms with E-state index in [1.165, 1.54) is 12.1 Å². The molecule has 1 amide bonds. The van der Waals surface area contributed by atoms with Crippen LogP contribution in [-0.4, -0.2) is 38.3 Å². The van der Waals surface area contributed by atoms with Gasteiger partial charge in [0.2, 0.25) is 5.91 Å². The Bertz CT molecular complexity index is 512. The van der Waals surface area contributed by atoms with Crippen molar-refractivity contribution >= 4 is 18.3 Å². The van der Waals surface area contributed by atoms with E-state index in [9.17, 15) is 9.18 Å². The van der Waals surface area contributed by atoms with Gasteiger partial charge in [0.05, 0.1) is 5.41 Å². The van der Waals surface area contributed by atoms with E-state index in [-0.39, 0.29) is 30.2 Å². The van der Waals surface area contributed by atoms with Crippen molar-refractivity contribution in [3.05, 3.63) is 35.6 Å². The van der Waals surface area contributed by atoms with Crippen LogP contribution in [0.15, 0.2) is 24.3 Å². The Labute approximate surface area is 142 Å². The van der Waals surface area contributed by atoms with Crippen LogP contribution in [0.2, 0.25) is 0 Å². The molecule has 2 fully saturated rings. The Morgan fingerprint density at radius 1 is 1.26 bits per heavy atom. The van der Waals surface area contributed by atoms with Gasteiger partial charge in [-0.1, -0.05) is 12.1 Å². The molecule has 1 aromatic carbocycles. The minimum atomic E-state index is -0.594. The predicted molar refractivity (Wildman–Crippen MR) is 89.4 cm³/mol. The molecule has 1 atom stereocenters. The first-order chi connectivity index (χ1) is 10.7. The molecule has 0 radical (unpaired) electrons. The number of carbonyl (C=O) groups is 1. The zero-order valence-corrected chi connectivity index (χ0v) is 14.0. The largest absolute Gasteiger partial charge is 0.381 e. The van der Waals surface area contributed by atoms with Crippen LogP contribution in [-0.2, 0) is 14.9 Å². The maximum atomic E-state index is 13.2. The average Bonchev–Trinajstić information content (AvgIpc) is 2.57. The molecule has 128 valence electrons. The van der Waals surface area contributed by atoms with Gasteiger partial charge in [0.1, 0.15) is 5.82 Å². The third-order valence-corrected chi connectivity index (χ3v) is 4.81. The van der Waals surface area contributed by atoms with Crippen LogP contribution in [0.4, 0.5) is 4.39 Å². The molecule has 1 aromatic rings. The number of halogens is 2. The van der Waals surface area contributed by atoms with Gasteiger partial charge in [0.25, 0.3) is 0 Å². The molecule has 2 saturated heterocycles. The molecule has 0 aromatic heterocycles. The normalized spacial score (nSPS) is 23.6. The van der Waals surface area contributed by atoms with Gasteiger partial charge in [-0.2, -0.15) is 0 Å². The van der Waals surface area contributed by atoms with Crippen LogP contribution in [0.25, 0.3) is 0 Å². The number of nitrogens with one attached hydrogen (secondary N) is 2. The molecule has 0 aliphatic carbocycles. The predicted octanol–water partition coefficient (Wildman–Crippen LogP) is 2.16. The van der Waals surface area contributed by atoms with Crippen LogP contribution in [0.5, 0.6) is 0 Å². The minimum Gasteiger partial charge on any atom is -0.381 e. The number of ether oxygens (including phenoxy) is 1. The highest BCUT2D eigenvalue weighted by atomic mass is 35.5. The molecule has 0 spiro atoms. The number of carbonyl (C=O) groups excluding carboxylic acids is 1. The number of benzene rings is 1. The van der Waals surface area contributed by atoms with Gasteiger partial charge in [-0.15, -0.1) is 12.4 Å². The van der Waals surface area contributed by atoms with Gasteiger partial charge in [-0.25, -0.2) is 4.39 Å². The summed E-state index contributed by atoms with van der Waals surface area (Å²) in [5.74, 6) is -0.223. The summed E-state index contributed by atoms with van der Waals surface area (Å²) in [7, 11) is 0. The Hall–Kier alpha value is -1.17. The van der Waals surface area contributed by atoms with Gasteiger partial charge in [-0.05, 0) is 49.9 Å². The van der Waals surface area contributed by atoms with Gasteiger partial charge in [0.15, 0.2) is 0 Å². The average molecular weight is 343 g/mol. The number of rotatable bonds is 3. The van der Waals surface area contributed by atoms with Crippen LogP contribution in [0, 0.1) is 5.82 Å². The quantitative estimate of drug-likeness (QED) is 0.885. The van der Waals surface area contributed by atoms with Crippen molar-refractivity contribution in [2.24, 2.45) is 0 Å². The van der Waals surface area contributed by atoms with Gasteiger partial charge in [0, 0.05) is 25.8 Å². The number of piperidine rings is 1. The molecule has 2 aliphatic heterocycles. The lowest BCUT2D eigenvalue weighted by Crippen LogP contribution is -2.54. The first-order valence-corrected chi connectivity index (χ1v) is 8.06. The van der Waals surface area contributed by atoms with Gasteiger partial charge >= 0.3 is 0 Å². The van der Waals surface area contributed by atoms with Crippen molar-refractivity contribution in [1.29, 1.82) is 0 Å². The second kappa shape index (κ2) is 8.08. The second-order valence-electron chi connectivity index (χ2n) is 6.22. The Balaban J connectivity index is 0.00000192. The summed E-state index contributed by atoms with van der Waals surface area (Å²) < 4.78 is 18.7. The molecule has 23 heavy (non-hydrogen) atoms. The zero-order chi connectivity index (χ0) is 15.4. The summed E-state index contributed by atoms with van der Waals surface area (Å²) in [5.41, 5.74) is 0.294. The maximum Gasteiger partial charge on any atom is 0.231 e. The monoisotopic (exact) mass is 342 g/mol. The lowest BCUT2D eigenvalue weighted by atomic mass is 9.73. The van der Waals surface area contributed by atoms with Crippen molar-refractivity contribution in [3.8, 4) is 0 Å². The molecular weight excluding hydrogens is 319 g/mol. The molecule has 0 saturated carbocycles. The lowest BCUT2D eigenvalue weighted by Gasteiger charge is -2.38. The van der Waals surface area contributed by atoms with Crippen LogP contribution in [0.3, 0.4) is 0 Å². The third-order valence-electron chi connectivity index (χ3n) is 4.81. The first-order valence-electron chi connectivity index (χ1n) is 8.06. The standard InChI is InChI=1S/C17H23FN2O2.ClH/c18-14-5-3-13(4-6-14)17(7-10-22-11-8-17)16(21)20-15-2-1-9-19-12-15;/h3-6,15,19H,1-2,7-12H2,(H,20,21);1H. The summed E-state index contributed by atoms with van der Waals surface area (Å²) in [6.45, 7) is 2.96. The number of hydrogen-bond donors (Lipinski definition) is 2. The van der Waals surface area contributed by atoms with Crippen molar-refractivity contribution in [2.45, 2.75) is 37.1 Å². The summed E-state index contributed by atoms with van der Waals surface area (Å²) in [5, 5.41) is 6.51. The molecule has 3 rings (SSSR count). The maximum absolute atomic E-state index is 13.2. The van der Waals surface area contributed by atoms with Gasteiger partial charge < -0.3 is 15.4 Å². The van der Waals surface area contributed by atoms with Crippen molar-refractivity contribution in [2.75, 3.05) is 26.3 Å². The highest BCUT2D eigenvalue weighted by Crippen LogP contribution is 2.35. The van der Waals surface area contributed by atoms with Crippen molar-refractivity contribution < 1.29 is 13.9 Å². The van der Waals surface area contributed by atoms with E-state index in [0.29, 0.717) is 26.1 Å². The van der Waals surface area contributed by atoms with E-state index >= 15 is 0 Å². The highest BCUT2D eigenvalue weighted by molar-refractivity contribution is 5.88. The van der Waals surface area contributed by atoms with E-state index in [4.69, 9.17) is 4.74 Å². The molecule has 2 aliphatic rings. The smallest absolute Gasteiger partial charge is 0.231 e. The Morgan fingerprint density at radius 3 is 2.57 bits per heavy atom. The Morgan fingerprint density at radius 2 is 1.96 bits per heavy atom. The highest BCUT2D eigenvalue weighted by Gasteiger charge is 2.42. The minimum absolute atomic E-state index is 0. The fourth-order valence-corrected chi connectivity index (χ4v) is 3.43. The van der Waals surface area contributed by atoms with E-state index < -0.39 is 5.41 Å². The van der Waals surface area contributed by atoms with Crippen LogP contribution >= 0.6 is 12.4 Å². The molecule has 4 nitrogen and oxygen atoms in total. The summed E-state index contributed by atoms with van der Waals surface area (Å²) >= 11 is 0. The van der Waals surface area contributed by atoms with Gasteiger partial charge in [-0.3, -0.25) is 4.79 Å². The van der Waals surface area contributed by atoms with E-state index in [1.54, 1.807) is 12.1 Å². The summed E-state index contributed by atoms with van der Waals surface area (Å²) in [6, 6.07) is 6.52. The van der Waals surface area contributed by atoms with E-state index in [0.717, 1.165) is 31.5 Å². The molecule has 2 heterocycles. The molecular formula is C17H24ClFN2O2. The lowest BCUT2D eigenvalue weighted by molar-refractivity contribution is -0.131. The fraction of sp³-hybridized carbons (Fsp3) is 0.588. The van der Waals surface area contributed by atoms with E-state index in [2.05, 4.69) is 10.6 Å². The number of hydrogen-bond acceptors (Lipinski definition) is 3. The SMILES string of the molecule is Cl.O=C(NC1CCCNC1)C1(c2ccc(F)cc2)CCOCC1. The molecule has 1 unspecified atom stereocenters. The zero-order valence-electron chi connectivity index (χ0n) is 13.1. The number of amides is 1. The summed E-state index contributed by atoms with van der Waals surface area (Å²) in [4.78, 5) is 13.0. The third kappa shape index (κ3) is 4.03. The summed E-state index contributed by atoms with van der Waals surface area (Å²) in [6.07, 6.45) is 3.38. The van der Waals surface area contributed by atoms with Crippen molar-refractivity contribution in [3.63, 3.8) is 0 Å². The molecule has 0 bridgehead atoms. The second-order valence-corrected chi connectivity index (χ2v) is 6.22. The Kier molecular flexibility index (Phi) is 6.39.